The molecule has 1 aliphatic carbocycles. The molecular formula is C24H23NO2. The number of allylic oxidation sites excluding steroid dienone is 1. The Kier molecular flexibility index (Phi) is 4.25. The van der Waals surface area contributed by atoms with Crippen LogP contribution in [0.5, 0.6) is 0 Å². The van der Waals surface area contributed by atoms with Gasteiger partial charge in [-0.15, -0.1) is 0 Å². The smallest absolute Gasteiger partial charge is 0.163 e. The molecule has 0 unspecified atom stereocenters. The first kappa shape index (κ1) is 16.6. The Morgan fingerprint density at radius 2 is 1.89 bits per heavy atom. The molecule has 0 bridgehead atoms. The molecule has 3 aliphatic rings. The highest BCUT2D eigenvalue weighted by molar-refractivity contribution is 6.07. The number of benzene rings is 2. The van der Waals surface area contributed by atoms with Crippen molar-refractivity contribution in [1.82, 2.24) is 0 Å². The standard InChI is InChI=1S/C24H23NO2/c26-23(10-16-4-2-1-3-5-16)20-11-18-13-21-15-25-24(17-6-8-27-9-7-17)22(21)14-19(18)12-20/h1-5,12-14,17H,6-11,15H2. The van der Waals surface area contributed by atoms with Crippen molar-refractivity contribution in [2.45, 2.75) is 32.2 Å². The summed E-state index contributed by atoms with van der Waals surface area (Å²) < 4.78 is 5.51. The lowest BCUT2D eigenvalue weighted by Crippen LogP contribution is -2.23. The summed E-state index contributed by atoms with van der Waals surface area (Å²) in [4.78, 5) is 17.6. The Morgan fingerprint density at radius 1 is 1.07 bits per heavy atom. The van der Waals surface area contributed by atoms with Gasteiger partial charge in [-0.25, -0.2) is 0 Å². The molecule has 0 spiro atoms. The predicted molar refractivity (Wildman–Crippen MR) is 107 cm³/mol. The second-order valence-electron chi connectivity index (χ2n) is 7.73. The van der Waals surface area contributed by atoms with Crippen molar-refractivity contribution in [3.63, 3.8) is 0 Å². The van der Waals surface area contributed by atoms with E-state index in [1.54, 1.807) is 0 Å². The van der Waals surface area contributed by atoms with Crippen LogP contribution in [-0.2, 0) is 28.9 Å². The number of ether oxygens (including phenoxy) is 1. The molecule has 1 fully saturated rings. The number of rotatable bonds is 4. The van der Waals surface area contributed by atoms with Crippen LogP contribution in [0.1, 0.15) is 40.7 Å². The largest absolute Gasteiger partial charge is 0.381 e. The van der Waals surface area contributed by atoms with Crippen molar-refractivity contribution in [3.8, 4) is 0 Å². The number of carbonyl (C=O) groups excluding carboxylic acids is 1. The molecule has 0 aromatic heterocycles. The van der Waals surface area contributed by atoms with E-state index in [9.17, 15) is 4.79 Å². The fraction of sp³-hybridized carbons (Fsp3) is 0.333. The van der Waals surface area contributed by atoms with Crippen LogP contribution in [0.4, 0.5) is 0 Å². The van der Waals surface area contributed by atoms with Gasteiger partial charge in [0, 0.05) is 48.8 Å². The Labute approximate surface area is 159 Å². The van der Waals surface area contributed by atoms with E-state index in [2.05, 4.69) is 18.2 Å². The molecule has 0 N–H and O–H groups in total. The quantitative estimate of drug-likeness (QED) is 0.824. The van der Waals surface area contributed by atoms with Gasteiger partial charge >= 0.3 is 0 Å². The summed E-state index contributed by atoms with van der Waals surface area (Å²) in [5, 5.41) is 0. The number of Topliss-reactive ketones (excluding diaryl/α,β-unsaturated/α-hetero) is 1. The topological polar surface area (TPSA) is 38.7 Å². The summed E-state index contributed by atoms with van der Waals surface area (Å²) in [5.41, 5.74) is 8.36. The van der Waals surface area contributed by atoms with E-state index < -0.39 is 0 Å². The zero-order valence-corrected chi connectivity index (χ0v) is 15.4. The van der Waals surface area contributed by atoms with E-state index in [1.807, 2.05) is 30.3 Å². The fourth-order valence-corrected chi connectivity index (χ4v) is 4.46. The Morgan fingerprint density at radius 3 is 2.70 bits per heavy atom. The minimum Gasteiger partial charge on any atom is -0.381 e. The summed E-state index contributed by atoms with van der Waals surface area (Å²) in [6.45, 7) is 2.45. The number of carbonyl (C=O) groups is 1. The molecule has 2 aromatic rings. The number of fused-ring (bicyclic) bond motifs is 2. The van der Waals surface area contributed by atoms with Crippen LogP contribution in [0.25, 0.3) is 6.08 Å². The van der Waals surface area contributed by atoms with E-state index >= 15 is 0 Å². The van der Waals surface area contributed by atoms with Gasteiger partial charge in [0.1, 0.15) is 0 Å². The van der Waals surface area contributed by atoms with Gasteiger partial charge in [0.25, 0.3) is 0 Å². The Hall–Kier alpha value is -2.52. The summed E-state index contributed by atoms with van der Waals surface area (Å²) >= 11 is 0. The third-order valence-electron chi connectivity index (χ3n) is 5.95. The normalized spacial score (nSPS) is 18.7. The average Bonchev–Trinajstić information content (AvgIpc) is 3.31. The van der Waals surface area contributed by atoms with Crippen LogP contribution < -0.4 is 0 Å². The van der Waals surface area contributed by atoms with E-state index in [-0.39, 0.29) is 5.78 Å². The highest BCUT2D eigenvalue weighted by atomic mass is 16.5. The van der Waals surface area contributed by atoms with Gasteiger partial charge in [-0.3, -0.25) is 9.79 Å². The first-order valence-electron chi connectivity index (χ1n) is 9.84. The zero-order chi connectivity index (χ0) is 18.2. The minimum atomic E-state index is 0.232. The molecule has 136 valence electrons. The molecule has 5 rings (SSSR count). The fourth-order valence-electron chi connectivity index (χ4n) is 4.46. The van der Waals surface area contributed by atoms with Crippen LogP contribution in [0.3, 0.4) is 0 Å². The molecule has 0 atom stereocenters. The van der Waals surface area contributed by atoms with Crippen molar-refractivity contribution < 1.29 is 9.53 Å². The Balaban J connectivity index is 1.38. The molecule has 2 aromatic carbocycles. The van der Waals surface area contributed by atoms with E-state index in [0.717, 1.165) is 50.2 Å². The molecule has 0 amide bonds. The third kappa shape index (κ3) is 3.17. The summed E-state index contributed by atoms with van der Waals surface area (Å²) in [6.07, 6.45) is 5.45. The van der Waals surface area contributed by atoms with Gasteiger partial charge in [-0.1, -0.05) is 36.4 Å². The number of nitrogens with zero attached hydrogens (tertiary/aromatic N) is 1. The lowest BCUT2D eigenvalue weighted by molar-refractivity contribution is -0.114. The second-order valence-corrected chi connectivity index (χ2v) is 7.73. The van der Waals surface area contributed by atoms with Gasteiger partial charge in [0.05, 0.1) is 6.54 Å². The summed E-state index contributed by atoms with van der Waals surface area (Å²) in [5.74, 6) is 0.749. The van der Waals surface area contributed by atoms with E-state index in [1.165, 1.54) is 28.0 Å². The van der Waals surface area contributed by atoms with Crippen molar-refractivity contribution in [1.29, 1.82) is 0 Å². The highest BCUT2D eigenvalue weighted by Crippen LogP contribution is 2.34. The van der Waals surface area contributed by atoms with Crippen LogP contribution in [0.2, 0.25) is 0 Å². The molecule has 2 aliphatic heterocycles. The minimum absolute atomic E-state index is 0.232. The van der Waals surface area contributed by atoms with Gasteiger partial charge < -0.3 is 4.74 Å². The molecule has 3 heteroatoms. The molecule has 0 saturated carbocycles. The Bertz CT molecular complexity index is 950. The molecule has 0 radical (unpaired) electrons. The zero-order valence-electron chi connectivity index (χ0n) is 15.4. The van der Waals surface area contributed by atoms with Gasteiger partial charge in [-0.05, 0) is 47.2 Å². The maximum absolute atomic E-state index is 12.7. The van der Waals surface area contributed by atoms with E-state index in [4.69, 9.17) is 9.73 Å². The maximum Gasteiger partial charge on any atom is 0.163 e. The van der Waals surface area contributed by atoms with Crippen molar-refractivity contribution in [2.24, 2.45) is 10.9 Å². The van der Waals surface area contributed by atoms with E-state index in [0.29, 0.717) is 12.3 Å². The van der Waals surface area contributed by atoms with Crippen molar-refractivity contribution in [2.75, 3.05) is 13.2 Å². The number of hydrogen-bond acceptors (Lipinski definition) is 3. The molecule has 2 heterocycles. The first-order valence-corrected chi connectivity index (χ1v) is 9.84. The van der Waals surface area contributed by atoms with Crippen LogP contribution in [0.15, 0.2) is 53.0 Å². The summed E-state index contributed by atoms with van der Waals surface area (Å²) in [7, 11) is 0. The van der Waals surface area contributed by atoms with Crippen molar-refractivity contribution in [3.05, 3.63) is 75.9 Å². The lowest BCUT2D eigenvalue weighted by atomic mass is 9.88. The maximum atomic E-state index is 12.7. The first-order chi connectivity index (χ1) is 13.3. The second kappa shape index (κ2) is 6.90. The van der Waals surface area contributed by atoms with Crippen LogP contribution in [-0.4, -0.2) is 24.7 Å². The predicted octanol–water partition coefficient (Wildman–Crippen LogP) is 4.17. The monoisotopic (exact) mass is 357 g/mol. The van der Waals surface area contributed by atoms with Crippen molar-refractivity contribution >= 4 is 17.6 Å². The van der Waals surface area contributed by atoms with Gasteiger partial charge in [0.15, 0.2) is 5.78 Å². The molecule has 3 nitrogen and oxygen atoms in total. The SMILES string of the molecule is O=C(Cc1ccccc1)C1=Cc2cc3c(cc2C1)CN=C3C1CCOCC1. The molecular weight excluding hydrogens is 334 g/mol. The molecule has 1 saturated heterocycles. The highest BCUT2D eigenvalue weighted by Gasteiger charge is 2.28. The number of hydrogen-bond donors (Lipinski definition) is 0. The average molecular weight is 357 g/mol. The van der Waals surface area contributed by atoms with Crippen LogP contribution in [0, 0.1) is 5.92 Å². The number of aliphatic imine (C=N–C) groups is 1. The van der Waals surface area contributed by atoms with Gasteiger partial charge in [-0.2, -0.15) is 0 Å². The molecule has 27 heavy (non-hydrogen) atoms. The third-order valence-corrected chi connectivity index (χ3v) is 5.95. The van der Waals surface area contributed by atoms with Crippen LogP contribution >= 0.6 is 0 Å². The number of ketones is 1. The van der Waals surface area contributed by atoms with Gasteiger partial charge in [0.2, 0.25) is 0 Å². The lowest BCUT2D eigenvalue weighted by Gasteiger charge is -2.23. The summed E-state index contributed by atoms with van der Waals surface area (Å²) in [6, 6.07) is 14.5.